The number of amides is 1. The minimum atomic E-state index is 0.247. The summed E-state index contributed by atoms with van der Waals surface area (Å²) in [6.07, 6.45) is 2.38. The molecule has 1 amide bonds. The van der Waals surface area contributed by atoms with E-state index < -0.39 is 0 Å². The molecule has 0 unspecified atom stereocenters. The molecule has 0 spiro atoms. The third-order valence-electron chi connectivity index (χ3n) is 2.72. The van der Waals surface area contributed by atoms with E-state index in [4.69, 9.17) is 11.6 Å². The van der Waals surface area contributed by atoms with Gasteiger partial charge >= 0.3 is 0 Å². The Labute approximate surface area is 89.3 Å². The number of hydrogen-bond donors (Lipinski definition) is 0. The Balaban J connectivity index is 1.85. The van der Waals surface area contributed by atoms with E-state index in [-0.39, 0.29) is 5.91 Å². The molecule has 0 radical (unpaired) electrons. The minimum Gasteiger partial charge on any atom is -0.337 e. The van der Waals surface area contributed by atoms with Gasteiger partial charge in [0.2, 0.25) is 5.91 Å². The first-order chi connectivity index (χ1) is 6.66. The van der Waals surface area contributed by atoms with E-state index in [1.165, 1.54) is 12.8 Å². The van der Waals surface area contributed by atoms with Crippen LogP contribution in [0.2, 0.25) is 0 Å². The van der Waals surface area contributed by atoms with Crippen molar-refractivity contribution in [3.63, 3.8) is 0 Å². The fraction of sp³-hybridized carbons (Fsp3) is 0.700. The molecule has 1 aliphatic heterocycles. The topological polar surface area (TPSA) is 23.6 Å². The van der Waals surface area contributed by atoms with Crippen molar-refractivity contribution in [2.24, 2.45) is 0 Å². The Kier molecular flexibility index (Phi) is 2.79. The zero-order chi connectivity index (χ0) is 10.1. The van der Waals surface area contributed by atoms with Crippen LogP contribution in [-0.2, 0) is 4.79 Å². The highest BCUT2D eigenvalue weighted by Crippen LogP contribution is 2.28. The normalized spacial score (nSPS) is 24.1. The van der Waals surface area contributed by atoms with Crippen molar-refractivity contribution >= 4 is 17.5 Å². The van der Waals surface area contributed by atoms with Gasteiger partial charge in [0, 0.05) is 30.7 Å². The lowest BCUT2D eigenvalue weighted by molar-refractivity contribution is -0.136. The second kappa shape index (κ2) is 3.91. The summed E-state index contributed by atoms with van der Waals surface area (Å²) in [6.45, 7) is 6.55. The standard InChI is InChI=1S/C10H15ClN2O/c1-8(11)6-12-4-5-13(9-2-3-9)10(14)7-12/h9H,1-7H2. The summed E-state index contributed by atoms with van der Waals surface area (Å²) in [4.78, 5) is 15.7. The van der Waals surface area contributed by atoms with Crippen molar-refractivity contribution in [3.05, 3.63) is 11.6 Å². The van der Waals surface area contributed by atoms with Crippen LogP contribution in [-0.4, -0.2) is 47.9 Å². The zero-order valence-corrected chi connectivity index (χ0v) is 8.96. The van der Waals surface area contributed by atoms with Crippen molar-refractivity contribution in [2.75, 3.05) is 26.2 Å². The minimum absolute atomic E-state index is 0.247. The van der Waals surface area contributed by atoms with Crippen LogP contribution in [0.1, 0.15) is 12.8 Å². The van der Waals surface area contributed by atoms with Crippen molar-refractivity contribution in [1.29, 1.82) is 0 Å². The number of piperazine rings is 1. The monoisotopic (exact) mass is 214 g/mol. The molecule has 1 saturated heterocycles. The van der Waals surface area contributed by atoms with Gasteiger partial charge in [0.15, 0.2) is 0 Å². The van der Waals surface area contributed by atoms with E-state index in [0.29, 0.717) is 24.2 Å². The number of nitrogens with zero attached hydrogens (tertiary/aromatic N) is 2. The SMILES string of the molecule is C=C(Cl)CN1CCN(C2CC2)C(=O)C1. The molecule has 0 aromatic carbocycles. The van der Waals surface area contributed by atoms with E-state index in [1.54, 1.807) is 0 Å². The first-order valence-corrected chi connectivity index (χ1v) is 5.39. The molecule has 2 rings (SSSR count). The molecule has 0 bridgehead atoms. The Morgan fingerprint density at radius 1 is 1.50 bits per heavy atom. The average molecular weight is 215 g/mol. The van der Waals surface area contributed by atoms with Crippen LogP contribution in [0.3, 0.4) is 0 Å². The molecule has 0 aromatic rings. The van der Waals surface area contributed by atoms with Gasteiger partial charge < -0.3 is 4.90 Å². The van der Waals surface area contributed by atoms with Gasteiger partial charge in [-0.2, -0.15) is 0 Å². The third-order valence-corrected chi connectivity index (χ3v) is 2.84. The molecule has 1 aliphatic carbocycles. The van der Waals surface area contributed by atoms with E-state index >= 15 is 0 Å². The second-order valence-corrected chi connectivity index (χ2v) is 4.58. The van der Waals surface area contributed by atoms with Gasteiger partial charge in [-0.25, -0.2) is 0 Å². The Morgan fingerprint density at radius 3 is 2.71 bits per heavy atom. The van der Waals surface area contributed by atoms with Crippen molar-refractivity contribution in [3.8, 4) is 0 Å². The molecule has 1 saturated carbocycles. The van der Waals surface area contributed by atoms with Crippen molar-refractivity contribution in [1.82, 2.24) is 9.80 Å². The number of rotatable bonds is 3. The van der Waals surface area contributed by atoms with Crippen LogP contribution in [0, 0.1) is 0 Å². The largest absolute Gasteiger partial charge is 0.337 e. The summed E-state index contributed by atoms with van der Waals surface area (Å²) >= 11 is 5.71. The highest BCUT2D eigenvalue weighted by Gasteiger charge is 2.35. The molecular formula is C10H15ClN2O. The first kappa shape index (κ1) is 9.99. The second-order valence-electron chi connectivity index (χ2n) is 4.05. The van der Waals surface area contributed by atoms with Gasteiger partial charge in [-0.05, 0) is 12.8 Å². The van der Waals surface area contributed by atoms with Crippen LogP contribution in [0.15, 0.2) is 11.6 Å². The molecule has 0 N–H and O–H groups in total. The predicted octanol–water partition coefficient (Wildman–Crippen LogP) is 1.05. The van der Waals surface area contributed by atoms with Gasteiger partial charge in [-0.1, -0.05) is 18.2 Å². The number of carbonyl (C=O) groups excluding carboxylic acids is 1. The summed E-state index contributed by atoms with van der Waals surface area (Å²) in [6, 6.07) is 0.545. The summed E-state index contributed by atoms with van der Waals surface area (Å²) in [5.74, 6) is 0.247. The molecule has 4 heteroatoms. The molecule has 3 nitrogen and oxygen atoms in total. The lowest BCUT2D eigenvalue weighted by Crippen LogP contribution is -2.51. The fourth-order valence-electron chi connectivity index (χ4n) is 1.89. The lowest BCUT2D eigenvalue weighted by Gasteiger charge is -2.34. The van der Waals surface area contributed by atoms with Gasteiger partial charge in [0.05, 0.1) is 6.54 Å². The number of halogens is 1. The molecule has 0 aromatic heterocycles. The van der Waals surface area contributed by atoms with Crippen molar-refractivity contribution < 1.29 is 4.79 Å². The zero-order valence-electron chi connectivity index (χ0n) is 8.21. The van der Waals surface area contributed by atoms with E-state index in [0.717, 1.165) is 13.1 Å². The lowest BCUT2D eigenvalue weighted by atomic mass is 10.3. The Hall–Kier alpha value is -0.540. The van der Waals surface area contributed by atoms with Crippen LogP contribution < -0.4 is 0 Å². The molecule has 2 fully saturated rings. The Bertz CT molecular complexity index is 263. The maximum Gasteiger partial charge on any atom is 0.237 e. The highest BCUT2D eigenvalue weighted by atomic mass is 35.5. The van der Waals surface area contributed by atoms with Crippen LogP contribution >= 0.6 is 11.6 Å². The highest BCUT2D eigenvalue weighted by molar-refractivity contribution is 6.29. The summed E-state index contributed by atoms with van der Waals surface area (Å²) in [7, 11) is 0. The van der Waals surface area contributed by atoms with Crippen molar-refractivity contribution in [2.45, 2.75) is 18.9 Å². The maximum atomic E-state index is 11.7. The van der Waals surface area contributed by atoms with Gasteiger partial charge in [0.25, 0.3) is 0 Å². The van der Waals surface area contributed by atoms with E-state index in [9.17, 15) is 4.79 Å². The van der Waals surface area contributed by atoms with Crippen LogP contribution in [0.4, 0.5) is 0 Å². The van der Waals surface area contributed by atoms with E-state index in [1.807, 2.05) is 4.90 Å². The third kappa shape index (κ3) is 2.28. The molecule has 78 valence electrons. The predicted molar refractivity (Wildman–Crippen MR) is 56.2 cm³/mol. The molecule has 0 atom stereocenters. The van der Waals surface area contributed by atoms with Gasteiger partial charge in [-0.3, -0.25) is 9.69 Å². The summed E-state index contributed by atoms with van der Waals surface area (Å²) in [5, 5.41) is 0.609. The number of carbonyl (C=O) groups is 1. The van der Waals surface area contributed by atoms with E-state index in [2.05, 4.69) is 11.5 Å². The van der Waals surface area contributed by atoms with Gasteiger partial charge in [-0.15, -0.1) is 0 Å². The van der Waals surface area contributed by atoms with Gasteiger partial charge in [0.1, 0.15) is 0 Å². The summed E-state index contributed by atoms with van der Waals surface area (Å²) in [5.41, 5.74) is 0. The summed E-state index contributed by atoms with van der Waals surface area (Å²) < 4.78 is 0. The molecular weight excluding hydrogens is 200 g/mol. The average Bonchev–Trinajstić information content (AvgIpc) is 2.86. The molecule has 1 heterocycles. The number of hydrogen-bond acceptors (Lipinski definition) is 2. The maximum absolute atomic E-state index is 11.7. The molecule has 2 aliphatic rings. The molecule has 14 heavy (non-hydrogen) atoms. The smallest absolute Gasteiger partial charge is 0.237 e. The quantitative estimate of drug-likeness (QED) is 0.701. The van der Waals surface area contributed by atoms with Crippen LogP contribution in [0.5, 0.6) is 0 Å². The Morgan fingerprint density at radius 2 is 2.21 bits per heavy atom. The first-order valence-electron chi connectivity index (χ1n) is 5.02. The van der Waals surface area contributed by atoms with Crippen LogP contribution in [0.25, 0.3) is 0 Å². The fourth-order valence-corrected chi connectivity index (χ4v) is 2.05.